The average Bonchev–Trinajstić information content (AvgIpc) is 3.46. The summed E-state index contributed by atoms with van der Waals surface area (Å²) in [7, 11) is -3.51. The van der Waals surface area contributed by atoms with E-state index >= 15 is 0 Å². The van der Waals surface area contributed by atoms with Crippen LogP contribution >= 0.6 is 22.9 Å². The number of hydrogen-bond donors (Lipinski definition) is 2. The SMILES string of the molecule is CC(C)(C)c1csc(COc2cccc(C(=O)Nc3cc(CCCS(=O)(=O)c4ccc(Cl)cc4)ccc3OCC(=O)O)n2)n1. The fraction of sp³-hybridized carbons (Fsp3) is 0.290. The highest BCUT2D eigenvalue weighted by atomic mass is 35.5. The number of aryl methyl sites for hydroxylation is 1. The fourth-order valence-electron chi connectivity index (χ4n) is 3.99. The summed E-state index contributed by atoms with van der Waals surface area (Å²) in [4.78, 5) is 33.4. The number of aliphatic carboxylic acids is 1. The van der Waals surface area contributed by atoms with E-state index in [1.54, 1.807) is 24.3 Å². The van der Waals surface area contributed by atoms with Gasteiger partial charge in [-0.05, 0) is 60.9 Å². The van der Waals surface area contributed by atoms with Gasteiger partial charge in [0.1, 0.15) is 23.1 Å². The van der Waals surface area contributed by atoms with E-state index in [-0.39, 0.29) is 45.7 Å². The molecule has 0 aliphatic carbocycles. The van der Waals surface area contributed by atoms with Gasteiger partial charge >= 0.3 is 5.97 Å². The Hall–Kier alpha value is -4.00. The molecule has 2 aromatic carbocycles. The van der Waals surface area contributed by atoms with Crippen molar-refractivity contribution in [1.82, 2.24) is 9.97 Å². The molecule has 232 valence electrons. The van der Waals surface area contributed by atoms with E-state index < -0.39 is 28.3 Å². The van der Waals surface area contributed by atoms with Crippen molar-refractivity contribution >= 4 is 50.3 Å². The number of aromatic nitrogens is 2. The molecule has 44 heavy (non-hydrogen) atoms. The number of nitrogens with one attached hydrogen (secondary N) is 1. The van der Waals surface area contributed by atoms with Gasteiger partial charge in [0.15, 0.2) is 16.4 Å². The van der Waals surface area contributed by atoms with Crippen molar-refractivity contribution in [2.75, 3.05) is 17.7 Å². The monoisotopic (exact) mass is 657 g/mol. The molecular formula is C31H32ClN3O7S2. The number of thiazole rings is 1. The van der Waals surface area contributed by atoms with E-state index in [0.29, 0.717) is 17.9 Å². The molecule has 0 fully saturated rings. The molecule has 0 aliphatic heterocycles. The van der Waals surface area contributed by atoms with Crippen molar-refractivity contribution < 1.29 is 32.6 Å². The fourth-order valence-corrected chi connectivity index (χ4v) is 6.36. The number of carboxylic acids is 1. The van der Waals surface area contributed by atoms with Crippen LogP contribution in [0.4, 0.5) is 5.69 Å². The van der Waals surface area contributed by atoms with Gasteiger partial charge in [0.2, 0.25) is 5.88 Å². The van der Waals surface area contributed by atoms with Gasteiger partial charge in [-0.1, -0.05) is 44.5 Å². The number of sulfone groups is 1. The first-order chi connectivity index (χ1) is 20.8. The summed E-state index contributed by atoms with van der Waals surface area (Å²) >= 11 is 7.35. The minimum atomic E-state index is -3.51. The third-order valence-corrected chi connectivity index (χ3v) is 9.21. The Morgan fingerprint density at radius 1 is 1.02 bits per heavy atom. The van der Waals surface area contributed by atoms with Crippen molar-refractivity contribution in [2.24, 2.45) is 0 Å². The Balaban J connectivity index is 1.44. The number of carbonyl (C=O) groups excluding carboxylic acids is 1. The zero-order valence-electron chi connectivity index (χ0n) is 24.4. The molecule has 0 atom stereocenters. The number of pyridine rings is 1. The Morgan fingerprint density at radius 2 is 1.77 bits per heavy atom. The van der Waals surface area contributed by atoms with E-state index in [1.165, 1.54) is 47.7 Å². The van der Waals surface area contributed by atoms with E-state index in [4.69, 9.17) is 26.2 Å². The molecule has 2 N–H and O–H groups in total. The molecule has 4 rings (SSSR count). The first-order valence-electron chi connectivity index (χ1n) is 13.6. The van der Waals surface area contributed by atoms with E-state index in [1.807, 2.05) is 5.38 Å². The number of amides is 1. The number of rotatable bonds is 13. The maximum absolute atomic E-state index is 13.2. The Bertz CT molecular complexity index is 1730. The van der Waals surface area contributed by atoms with Gasteiger partial charge < -0.3 is 19.9 Å². The average molecular weight is 658 g/mol. The van der Waals surface area contributed by atoms with Crippen molar-refractivity contribution in [1.29, 1.82) is 0 Å². The maximum Gasteiger partial charge on any atom is 0.341 e. The molecule has 2 heterocycles. The number of hydrogen-bond acceptors (Lipinski definition) is 9. The number of benzene rings is 2. The molecule has 0 bridgehead atoms. The van der Waals surface area contributed by atoms with Gasteiger partial charge in [-0.25, -0.2) is 23.2 Å². The Morgan fingerprint density at radius 3 is 2.45 bits per heavy atom. The van der Waals surface area contributed by atoms with Crippen molar-refractivity contribution in [3.63, 3.8) is 0 Å². The van der Waals surface area contributed by atoms with Gasteiger partial charge in [0.25, 0.3) is 5.91 Å². The second kappa shape index (κ2) is 14.2. The topological polar surface area (TPSA) is 145 Å². The standard InChI is InChI=1S/C31H32ClN3O7S2/c1-31(2,3)26-19-43-28(35-26)17-42-27-8-4-7-23(33-27)30(38)34-24-16-20(9-14-25(24)41-18-29(36)37)6-5-15-44(39,40)22-12-10-21(32)11-13-22/h4,7-14,16,19H,5-6,15,17-18H2,1-3H3,(H,34,38)(H,36,37). The lowest BCUT2D eigenvalue weighted by Crippen LogP contribution is -2.16. The highest BCUT2D eigenvalue weighted by molar-refractivity contribution is 7.91. The van der Waals surface area contributed by atoms with Crippen molar-refractivity contribution in [3.8, 4) is 11.6 Å². The summed E-state index contributed by atoms with van der Waals surface area (Å²) in [6.07, 6.45) is 0.690. The van der Waals surface area contributed by atoms with Crippen LogP contribution in [0.2, 0.25) is 5.02 Å². The highest BCUT2D eigenvalue weighted by Gasteiger charge is 2.19. The molecule has 0 unspecified atom stereocenters. The van der Waals surface area contributed by atoms with Crippen LogP contribution < -0.4 is 14.8 Å². The number of anilines is 1. The number of carbonyl (C=O) groups is 2. The summed E-state index contributed by atoms with van der Waals surface area (Å²) < 4.78 is 36.6. The smallest absolute Gasteiger partial charge is 0.341 e. The zero-order valence-corrected chi connectivity index (χ0v) is 26.8. The first-order valence-corrected chi connectivity index (χ1v) is 16.5. The lowest BCUT2D eigenvalue weighted by molar-refractivity contribution is -0.139. The zero-order chi connectivity index (χ0) is 31.9. The van der Waals surface area contributed by atoms with Crippen LogP contribution in [0.1, 0.15) is 53.9 Å². The summed E-state index contributed by atoms with van der Waals surface area (Å²) in [6.45, 7) is 5.82. The first kappa shape index (κ1) is 32.9. The lowest BCUT2D eigenvalue weighted by Gasteiger charge is -2.14. The second-order valence-corrected chi connectivity index (χ2v) is 14.4. The lowest BCUT2D eigenvalue weighted by atomic mass is 9.93. The quantitative estimate of drug-likeness (QED) is 0.172. The largest absolute Gasteiger partial charge is 0.480 e. The molecule has 10 nitrogen and oxygen atoms in total. The predicted molar refractivity (Wildman–Crippen MR) is 169 cm³/mol. The van der Waals surface area contributed by atoms with E-state index in [2.05, 4.69) is 36.1 Å². The van der Waals surface area contributed by atoms with Crippen LogP contribution in [0.3, 0.4) is 0 Å². The molecule has 0 saturated heterocycles. The van der Waals surface area contributed by atoms with E-state index in [0.717, 1.165) is 16.3 Å². The third kappa shape index (κ3) is 9.25. The summed E-state index contributed by atoms with van der Waals surface area (Å²) in [5.74, 6) is -1.46. The molecular weight excluding hydrogens is 626 g/mol. The minimum Gasteiger partial charge on any atom is -0.480 e. The predicted octanol–water partition coefficient (Wildman–Crippen LogP) is 6.19. The molecule has 2 aromatic heterocycles. The summed E-state index contributed by atoms with van der Waals surface area (Å²) in [6, 6.07) is 15.6. The molecule has 0 radical (unpaired) electrons. The van der Waals surface area contributed by atoms with Gasteiger partial charge in [-0.2, -0.15) is 0 Å². The molecule has 4 aromatic rings. The normalized spacial score (nSPS) is 11.6. The van der Waals surface area contributed by atoms with Gasteiger partial charge in [-0.15, -0.1) is 11.3 Å². The van der Waals surface area contributed by atoms with Crippen molar-refractivity contribution in [2.45, 2.75) is 50.5 Å². The van der Waals surface area contributed by atoms with Crippen LogP contribution in [0, 0.1) is 0 Å². The van der Waals surface area contributed by atoms with Crippen LogP contribution in [0.15, 0.2) is 70.9 Å². The summed E-state index contributed by atoms with van der Waals surface area (Å²) in [5.41, 5.74) is 1.90. The number of ether oxygens (including phenoxy) is 2. The van der Waals surface area contributed by atoms with Crippen molar-refractivity contribution in [3.05, 3.63) is 93.0 Å². The highest BCUT2D eigenvalue weighted by Crippen LogP contribution is 2.28. The van der Waals surface area contributed by atoms with Crippen LogP contribution in [-0.2, 0) is 33.1 Å². The van der Waals surface area contributed by atoms with E-state index in [9.17, 15) is 18.0 Å². The van der Waals surface area contributed by atoms with Crippen LogP contribution in [0.5, 0.6) is 11.6 Å². The molecule has 0 saturated carbocycles. The Labute approximate surface area is 265 Å². The molecule has 0 spiro atoms. The second-order valence-electron chi connectivity index (χ2n) is 10.9. The van der Waals surface area contributed by atoms with Gasteiger partial charge in [0, 0.05) is 21.9 Å². The molecule has 0 aliphatic rings. The van der Waals surface area contributed by atoms with Gasteiger partial charge in [0.05, 0.1) is 22.0 Å². The number of nitrogens with zero attached hydrogens (tertiary/aromatic N) is 2. The van der Waals surface area contributed by atoms with Crippen LogP contribution in [-0.4, -0.2) is 47.7 Å². The third-order valence-electron chi connectivity index (χ3n) is 6.31. The number of carboxylic acid groups (broad SMARTS) is 1. The minimum absolute atomic E-state index is 0.0701. The summed E-state index contributed by atoms with van der Waals surface area (Å²) in [5, 5.41) is 15.0. The number of halogens is 1. The van der Waals surface area contributed by atoms with Gasteiger partial charge in [-0.3, -0.25) is 4.79 Å². The maximum atomic E-state index is 13.2. The molecule has 1 amide bonds. The van der Waals surface area contributed by atoms with Crippen LogP contribution in [0.25, 0.3) is 0 Å². The Kier molecular flexibility index (Phi) is 10.6. The molecule has 13 heteroatoms.